The van der Waals surface area contributed by atoms with Gasteiger partial charge in [-0.2, -0.15) is 0 Å². The van der Waals surface area contributed by atoms with E-state index in [2.05, 4.69) is 139 Å². The van der Waals surface area contributed by atoms with Crippen LogP contribution in [0.2, 0.25) is 0 Å². The number of halogens is 1. The van der Waals surface area contributed by atoms with Crippen molar-refractivity contribution in [3.63, 3.8) is 0 Å². The fraction of sp³-hybridized carbons (Fsp3) is 0.0323. The first-order valence-corrected chi connectivity index (χ1v) is 12.0. The Bertz CT molecular complexity index is 1520. The van der Waals surface area contributed by atoms with Gasteiger partial charge < -0.3 is 0 Å². The van der Waals surface area contributed by atoms with Gasteiger partial charge in [0.05, 0.1) is 0 Å². The largest absolute Gasteiger partial charge is 0.0616 e. The second-order valence-corrected chi connectivity index (χ2v) is 9.48. The van der Waals surface area contributed by atoms with Crippen LogP contribution in [0.25, 0.3) is 54.6 Å². The molecule has 6 aromatic carbocycles. The molecule has 0 nitrogen and oxygen atoms in total. The summed E-state index contributed by atoms with van der Waals surface area (Å²) in [6, 6.07) is 39.9. The van der Waals surface area contributed by atoms with Crippen LogP contribution in [0, 0.1) is 10.5 Å². The molecule has 0 aromatic heterocycles. The van der Waals surface area contributed by atoms with Gasteiger partial charge in [-0.05, 0) is 95.7 Å². The normalized spacial score (nSPS) is 11.4. The molecule has 0 atom stereocenters. The number of hydrogen-bond acceptors (Lipinski definition) is 0. The van der Waals surface area contributed by atoms with E-state index in [0.29, 0.717) is 0 Å². The Labute approximate surface area is 201 Å². The first-order valence-electron chi connectivity index (χ1n) is 10.9. The molecule has 1 heteroatoms. The van der Waals surface area contributed by atoms with E-state index in [1.165, 1.54) is 63.7 Å². The molecule has 0 aliphatic carbocycles. The molecular weight excluding hydrogens is 499 g/mol. The average Bonchev–Trinajstić information content (AvgIpc) is 2.85. The van der Waals surface area contributed by atoms with Crippen molar-refractivity contribution >= 4 is 54.9 Å². The molecule has 0 saturated carbocycles. The summed E-state index contributed by atoms with van der Waals surface area (Å²) >= 11 is 2.44. The summed E-state index contributed by atoms with van der Waals surface area (Å²) in [6.45, 7) is 2.19. The number of rotatable bonds is 2. The Kier molecular flexibility index (Phi) is 4.73. The van der Waals surface area contributed by atoms with Crippen LogP contribution in [0.4, 0.5) is 0 Å². The maximum Gasteiger partial charge on any atom is 0.0209 e. The van der Waals surface area contributed by atoms with E-state index < -0.39 is 0 Å². The Balaban J connectivity index is 1.67. The second-order valence-electron chi connectivity index (χ2n) is 8.32. The van der Waals surface area contributed by atoms with Gasteiger partial charge in [0.2, 0.25) is 0 Å². The zero-order valence-electron chi connectivity index (χ0n) is 17.8. The van der Waals surface area contributed by atoms with E-state index >= 15 is 0 Å². The average molecular weight is 520 g/mol. The summed E-state index contributed by atoms with van der Waals surface area (Å²) in [5, 5.41) is 7.83. The van der Waals surface area contributed by atoms with Gasteiger partial charge in [-0.1, -0.05) is 103 Å². The van der Waals surface area contributed by atoms with E-state index in [-0.39, 0.29) is 0 Å². The molecule has 0 radical (unpaired) electrons. The van der Waals surface area contributed by atoms with E-state index in [9.17, 15) is 0 Å². The molecule has 0 fully saturated rings. The van der Waals surface area contributed by atoms with Crippen molar-refractivity contribution in [1.29, 1.82) is 0 Å². The van der Waals surface area contributed by atoms with Crippen LogP contribution in [0.5, 0.6) is 0 Å². The lowest BCUT2D eigenvalue weighted by Crippen LogP contribution is -1.89. The molecule has 0 N–H and O–H groups in total. The molecule has 6 rings (SSSR count). The molecule has 32 heavy (non-hydrogen) atoms. The van der Waals surface area contributed by atoms with Crippen LogP contribution < -0.4 is 0 Å². The summed E-state index contributed by atoms with van der Waals surface area (Å²) in [6.07, 6.45) is 0. The third-order valence-corrected chi connectivity index (χ3v) is 7.46. The lowest BCUT2D eigenvalue weighted by Gasteiger charge is -2.15. The number of hydrogen-bond donors (Lipinski definition) is 0. The predicted molar refractivity (Wildman–Crippen MR) is 147 cm³/mol. The quantitative estimate of drug-likeness (QED) is 0.200. The monoisotopic (exact) mass is 520 g/mol. The smallest absolute Gasteiger partial charge is 0.0209 e. The maximum absolute atomic E-state index is 2.44. The minimum Gasteiger partial charge on any atom is -0.0616 e. The highest BCUT2D eigenvalue weighted by Gasteiger charge is 2.13. The van der Waals surface area contributed by atoms with Crippen molar-refractivity contribution < 1.29 is 0 Å². The van der Waals surface area contributed by atoms with Gasteiger partial charge in [0.15, 0.2) is 0 Å². The van der Waals surface area contributed by atoms with Crippen molar-refractivity contribution in [2.45, 2.75) is 6.92 Å². The van der Waals surface area contributed by atoms with Gasteiger partial charge in [-0.15, -0.1) is 0 Å². The molecule has 0 aliphatic rings. The fourth-order valence-electron chi connectivity index (χ4n) is 4.96. The fourth-order valence-corrected chi connectivity index (χ4v) is 5.61. The van der Waals surface area contributed by atoms with Crippen LogP contribution in [-0.2, 0) is 0 Å². The highest BCUT2D eigenvalue weighted by molar-refractivity contribution is 14.1. The molecule has 6 aromatic rings. The van der Waals surface area contributed by atoms with E-state index in [0.717, 1.165) is 0 Å². The van der Waals surface area contributed by atoms with Gasteiger partial charge in [0.25, 0.3) is 0 Å². The minimum atomic E-state index is 1.29. The van der Waals surface area contributed by atoms with Gasteiger partial charge in [-0.3, -0.25) is 0 Å². The summed E-state index contributed by atoms with van der Waals surface area (Å²) in [5.74, 6) is 0. The third-order valence-electron chi connectivity index (χ3n) is 6.52. The molecule has 0 saturated heterocycles. The highest BCUT2D eigenvalue weighted by Crippen LogP contribution is 2.40. The summed E-state index contributed by atoms with van der Waals surface area (Å²) in [5.41, 5.74) is 6.47. The minimum absolute atomic E-state index is 1.29. The molecule has 0 amide bonds. The van der Waals surface area contributed by atoms with Crippen LogP contribution in [0.15, 0.2) is 109 Å². The molecule has 0 spiro atoms. The van der Waals surface area contributed by atoms with Crippen molar-refractivity contribution in [2.75, 3.05) is 0 Å². The van der Waals surface area contributed by atoms with Gasteiger partial charge in [-0.25, -0.2) is 0 Å². The van der Waals surface area contributed by atoms with Crippen LogP contribution in [0.1, 0.15) is 5.56 Å². The van der Waals surface area contributed by atoms with Crippen LogP contribution >= 0.6 is 22.6 Å². The Morgan fingerprint density at radius 1 is 0.375 bits per heavy atom. The van der Waals surface area contributed by atoms with Gasteiger partial charge >= 0.3 is 0 Å². The second kappa shape index (κ2) is 7.75. The topological polar surface area (TPSA) is 0 Å². The van der Waals surface area contributed by atoms with Gasteiger partial charge in [0.1, 0.15) is 0 Å². The Hall–Kier alpha value is -3.17. The van der Waals surface area contributed by atoms with E-state index in [1.807, 2.05) is 0 Å². The zero-order chi connectivity index (χ0) is 21.7. The Morgan fingerprint density at radius 2 is 0.781 bits per heavy atom. The maximum atomic E-state index is 2.44. The summed E-state index contributed by atoms with van der Waals surface area (Å²) in [4.78, 5) is 0. The van der Waals surface area contributed by atoms with E-state index in [4.69, 9.17) is 0 Å². The van der Waals surface area contributed by atoms with Crippen molar-refractivity contribution in [3.8, 4) is 22.3 Å². The first kappa shape index (κ1) is 19.5. The highest BCUT2D eigenvalue weighted by atomic mass is 127. The lowest BCUT2D eigenvalue weighted by atomic mass is 9.89. The zero-order valence-corrected chi connectivity index (χ0v) is 19.9. The summed E-state index contributed by atoms with van der Waals surface area (Å²) < 4.78 is 1.29. The molecule has 0 heterocycles. The van der Waals surface area contributed by atoms with Crippen molar-refractivity contribution in [2.24, 2.45) is 0 Å². The summed E-state index contributed by atoms with van der Waals surface area (Å²) in [7, 11) is 0. The molecule has 0 bridgehead atoms. The number of fused-ring (bicyclic) bond motifs is 3. The Morgan fingerprint density at radius 3 is 1.41 bits per heavy atom. The molecular formula is C31H21I. The van der Waals surface area contributed by atoms with Gasteiger partial charge in [0, 0.05) is 3.57 Å². The molecule has 0 aliphatic heterocycles. The standard InChI is InChI=1S/C31H21I/c1-20-16-17-28(22-9-3-2-8-21(20)22)25-14-6-13-24-23(25)12-7-15-26(24)29-18-19-31(32)30-11-5-4-10-27(29)30/h2-19H,1H3. The molecule has 0 unspecified atom stereocenters. The molecule has 152 valence electrons. The number of benzene rings is 6. The van der Waals surface area contributed by atoms with Crippen molar-refractivity contribution in [3.05, 3.63) is 118 Å². The van der Waals surface area contributed by atoms with E-state index in [1.54, 1.807) is 0 Å². The van der Waals surface area contributed by atoms with Crippen LogP contribution in [0.3, 0.4) is 0 Å². The number of aryl methyl sites for hydroxylation is 1. The lowest BCUT2D eigenvalue weighted by molar-refractivity contribution is 1.53. The third kappa shape index (κ3) is 3.03. The SMILES string of the molecule is Cc1ccc(-c2cccc3c(-c4ccc(I)c5ccccc45)cccc23)c2ccccc12. The predicted octanol–water partition coefficient (Wildman–Crippen LogP) is 9.39. The first-order chi connectivity index (χ1) is 15.7. The van der Waals surface area contributed by atoms with Crippen molar-refractivity contribution in [1.82, 2.24) is 0 Å². The van der Waals surface area contributed by atoms with Crippen LogP contribution in [-0.4, -0.2) is 0 Å².